The molecule has 0 radical (unpaired) electrons. The number of nitrogens with zero attached hydrogens (tertiary/aromatic N) is 1. The monoisotopic (exact) mass is 452 g/mol. The van der Waals surface area contributed by atoms with E-state index in [9.17, 15) is 13.2 Å². The minimum Gasteiger partial charge on any atom is -0.459 e. The van der Waals surface area contributed by atoms with E-state index in [-0.39, 0.29) is 15.9 Å². The summed E-state index contributed by atoms with van der Waals surface area (Å²) in [5.74, 6) is 0.0169. The number of benzene rings is 1. The van der Waals surface area contributed by atoms with Crippen molar-refractivity contribution >= 4 is 54.6 Å². The Morgan fingerprint density at radius 1 is 1.23 bits per heavy atom. The number of hydrogen-bond acceptors (Lipinski definition) is 5. The van der Waals surface area contributed by atoms with Crippen molar-refractivity contribution in [2.24, 2.45) is 0 Å². The maximum atomic E-state index is 12.6. The van der Waals surface area contributed by atoms with Gasteiger partial charge < -0.3 is 9.32 Å². The van der Waals surface area contributed by atoms with Crippen LogP contribution in [0.15, 0.2) is 61.1 Å². The number of thiophene rings is 1. The smallest absolute Gasteiger partial charge is 0.293 e. The molecule has 4 rings (SSSR count). The first kappa shape index (κ1) is 17.3. The fraction of sp³-hybridized carbons (Fsp3) is 0.118. The van der Waals surface area contributed by atoms with E-state index in [0.717, 1.165) is 20.7 Å². The summed E-state index contributed by atoms with van der Waals surface area (Å²) in [4.78, 5) is 14.2. The second-order valence-electron chi connectivity index (χ2n) is 5.69. The quantitative estimate of drug-likeness (QED) is 0.645. The predicted molar refractivity (Wildman–Crippen MR) is 103 cm³/mol. The van der Waals surface area contributed by atoms with Crippen LogP contribution in [0.1, 0.15) is 16.1 Å². The summed E-state index contributed by atoms with van der Waals surface area (Å²) in [6.45, 7) is 0.531. The average molecular weight is 453 g/mol. The summed E-state index contributed by atoms with van der Waals surface area (Å²) in [6.07, 6.45) is 2.17. The second kappa shape index (κ2) is 6.57. The minimum atomic E-state index is -3.67. The number of furan rings is 1. The molecule has 1 amide bonds. The third-order valence-corrected chi connectivity index (χ3v) is 7.52. The minimum absolute atomic E-state index is 0.216. The molecular weight excluding hydrogens is 440 g/mol. The van der Waals surface area contributed by atoms with E-state index in [2.05, 4.69) is 20.7 Å². The zero-order chi connectivity index (χ0) is 18.3. The van der Waals surface area contributed by atoms with Crippen LogP contribution >= 0.6 is 27.3 Å². The van der Waals surface area contributed by atoms with E-state index in [4.69, 9.17) is 4.42 Å². The number of rotatable bonds is 4. The van der Waals surface area contributed by atoms with Crippen molar-refractivity contribution in [3.63, 3.8) is 0 Å². The van der Waals surface area contributed by atoms with Gasteiger partial charge in [0.2, 0.25) is 0 Å². The summed E-state index contributed by atoms with van der Waals surface area (Å²) in [6, 6.07) is 11.7. The van der Waals surface area contributed by atoms with Crippen molar-refractivity contribution in [3.05, 3.63) is 63.8 Å². The van der Waals surface area contributed by atoms with Crippen LogP contribution in [-0.2, 0) is 16.4 Å². The van der Waals surface area contributed by atoms with E-state index in [1.165, 1.54) is 12.3 Å². The van der Waals surface area contributed by atoms with Crippen LogP contribution in [-0.4, -0.2) is 20.9 Å². The lowest BCUT2D eigenvalue weighted by Gasteiger charge is -2.17. The van der Waals surface area contributed by atoms with Crippen LogP contribution in [0.2, 0.25) is 0 Å². The Balaban J connectivity index is 1.63. The van der Waals surface area contributed by atoms with Crippen molar-refractivity contribution in [2.45, 2.75) is 10.6 Å². The SMILES string of the molecule is O=C(c1ccco1)N1CCc2ccc(NS(=O)(=O)c3ccc(Br)s3)cc21. The van der Waals surface area contributed by atoms with Gasteiger partial charge in [-0.1, -0.05) is 6.07 Å². The highest BCUT2D eigenvalue weighted by Crippen LogP contribution is 2.33. The number of halogens is 1. The molecule has 1 aromatic carbocycles. The van der Waals surface area contributed by atoms with Gasteiger partial charge >= 0.3 is 0 Å². The first-order valence-electron chi connectivity index (χ1n) is 7.70. The van der Waals surface area contributed by atoms with E-state index in [1.54, 1.807) is 35.2 Å². The van der Waals surface area contributed by atoms with Gasteiger partial charge in [0, 0.05) is 12.2 Å². The predicted octanol–water partition coefficient (Wildman–Crippen LogP) is 4.11. The number of carbonyl (C=O) groups is 1. The molecule has 0 fully saturated rings. The summed E-state index contributed by atoms with van der Waals surface area (Å²) in [7, 11) is -3.67. The number of fused-ring (bicyclic) bond motifs is 1. The first-order valence-corrected chi connectivity index (χ1v) is 10.8. The second-order valence-corrected chi connectivity index (χ2v) is 10.1. The lowest BCUT2D eigenvalue weighted by Crippen LogP contribution is -2.28. The van der Waals surface area contributed by atoms with Crippen LogP contribution in [0.25, 0.3) is 0 Å². The maximum absolute atomic E-state index is 12.6. The molecule has 3 aromatic rings. The molecule has 9 heteroatoms. The van der Waals surface area contributed by atoms with Crippen LogP contribution in [0.3, 0.4) is 0 Å². The van der Waals surface area contributed by atoms with E-state index < -0.39 is 10.0 Å². The summed E-state index contributed by atoms with van der Waals surface area (Å²) < 4.78 is 33.7. The van der Waals surface area contributed by atoms with Gasteiger partial charge in [0.1, 0.15) is 4.21 Å². The average Bonchev–Trinajstić information content (AvgIpc) is 3.34. The Morgan fingerprint density at radius 2 is 2.08 bits per heavy atom. The molecule has 0 aliphatic carbocycles. The van der Waals surface area contributed by atoms with E-state index in [0.29, 0.717) is 24.3 Å². The molecule has 1 N–H and O–H groups in total. The van der Waals surface area contributed by atoms with Crippen LogP contribution < -0.4 is 9.62 Å². The molecule has 26 heavy (non-hydrogen) atoms. The number of sulfonamides is 1. The normalized spacial score (nSPS) is 13.7. The third-order valence-electron chi connectivity index (χ3n) is 4.02. The van der Waals surface area contributed by atoms with Gasteiger partial charge in [-0.3, -0.25) is 9.52 Å². The Morgan fingerprint density at radius 3 is 2.77 bits per heavy atom. The molecule has 0 spiro atoms. The van der Waals surface area contributed by atoms with E-state index >= 15 is 0 Å². The fourth-order valence-electron chi connectivity index (χ4n) is 2.83. The highest BCUT2D eigenvalue weighted by molar-refractivity contribution is 9.11. The number of anilines is 2. The van der Waals surface area contributed by atoms with Crippen molar-refractivity contribution in [1.29, 1.82) is 0 Å². The number of amides is 1. The molecular formula is C17H13BrN2O4S2. The van der Waals surface area contributed by atoms with Gasteiger partial charge in [0.05, 0.1) is 15.7 Å². The zero-order valence-electron chi connectivity index (χ0n) is 13.3. The lowest BCUT2D eigenvalue weighted by molar-refractivity contribution is 0.0963. The first-order chi connectivity index (χ1) is 12.4. The van der Waals surface area contributed by atoms with Crippen molar-refractivity contribution in [1.82, 2.24) is 0 Å². The Hall–Kier alpha value is -2.10. The molecule has 0 saturated carbocycles. The topological polar surface area (TPSA) is 79.6 Å². The molecule has 1 aliphatic rings. The highest BCUT2D eigenvalue weighted by atomic mass is 79.9. The van der Waals surface area contributed by atoms with Gasteiger partial charge in [-0.15, -0.1) is 11.3 Å². The van der Waals surface area contributed by atoms with Crippen LogP contribution in [0, 0.1) is 0 Å². The summed E-state index contributed by atoms with van der Waals surface area (Å²) in [5.41, 5.74) is 2.10. The number of nitrogens with one attached hydrogen (secondary N) is 1. The van der Waals surface area contributed by atoms with Crippen molar-refractivity contribution < 1.29 is 17.6 Å². The van der Waals surface area contributed by atoms with Gasteiger partial charge in [-0.05, 0) is 64.3 Å². The Kier molecular flexibility index (Phi) is 4.37. The van der Waals surface area contributed by atoms with Crippen LogP contribution in [0.5, 0.6) is 0 Å². The van der Waals surface area contributed by atoms with Gasteiger partial charge in [0.15, 0.2) is 5.76 Å². The van der Waals surface area contributed by atoms with Crippen molar-refractivity contribution in [2.75, 3.05) is 16.2 Å². The molecule has 0 bridgehead atoms. The molecule has 2 aromatic heterocycles. The molecule has 0 saturated heterocycles. The zero-order valence-corrected chi connectivity index (χ0v) is 16.5. The number of carbonyl (C=O) groups excluding carboxylic acids is 1. The van der Waals surface area contributed by atoms with Crippen LogP contribution in [0.4, 0.5) is 11.4 Å². The molecule has 1 aliphatic heterocycles. The van der Waals surface area contributed by atoms with Gasteiger partial charge in [0.25, 0.3) is 15.9 Å². The number of hydrogen-bond donors (Lipinski definition) is 1. The Labute approximate surface area is 162 Å². The third kappa shape index (κ3) is 3.17. The van der Waals surface area contributed by atoms with Gasteiger partial charge in [-0.25, -0.2) is 8.42 Å². The van der Waals surface area contributed by atoms with E-state index in [1.807, 2.05) is 6.07 Å². The Bertz CT molecular complexity index is 1070. The summed E-state index contributed by atoms with van der Waals surface area (Å²) >= 11 is 4.40. The molecule has 0 unspecified atom stereocenters. The maximum Gasteiger partial charge on any atom is 0.293 e. The summed E-state index contributed by atoms with van der Waals surface area (Å²) in [5, 5.41) is 0. The lowest BCUT2D eigenvalue weighted by atomic mass is 10.1. The van der Waals surface area contributed by atoms with Gasteiger partial charge in [-0.2, -0.15) is 0 Å². The fourth-order valence-corrected chi connectivity index (χ4v) is 5.89. The standard InChI is InChI=1S/C17H13BrN2O4S2/c18-15-5-6-16(25-15)26(22,23)19-12-4-3-11-7-8-20(13(11)10-12)17(21)14-2-1-9-24-14/h1-6,9-10,19H,7-8H2. The van der Waals surface area contributed by atoms with Crippen molar-refractivity contribution in [3.8, 4) is 0 Å². The largest absolute Gasteiger partial charge is 0.459 e. The highest BCUT2D eigenvalue weighted by Gasteiger charge is 2.28. The molecule has 3 heterocycles. The molecule has 6 nitrogen and oxygen atoms in total. The molecule has 134 valence electrons. The molecule has 0 atom stereocenters.